The Balaban J connectivity index is 1.88. The molecule has 1 aliphatic heterocycles. The van der Waals surface area contributed by atoms with Gasteiger partial charge in [-0.15, -0.1) is 0 Å². The number of carboxylic acids is 1. The summed E-state index contributed by atoms with van der Waals surface area (Å²) in [4.78, 5) is 17.4. The second-order valence-electron chi connectivity index (χ2n) is 4.31. The quantitative estimate of drug-likeness (QED) is 0.736. The van der Waals surface area contributed by atoms with E-state index in [4.69, 9.17) is 10.8 Å². The van der Waals surface area contributed by atoms with E-state index in [-0.39, 0.29) is 11.3 Å². The maximum absolute atomic E-state index is 10.9. The van der Waals surface area contributed by atoms with Crippen LogP contribution in [0.5, 0.6) is 0 Å². The first kappa shape index (κ1) is 14.0. The zero-order valence-electron chi connectivity index (χ0n) is 10.6. The Morgan fingerprint density at radius 2 is 2.26 bits per heavy atom. The highest BCUT2D eigenvalue weighted by atomic mass is 32.2. The summed E-state index contributed by atoms with van der Waals surface area (Å²) in [7, 11) is 0. The topological polar surface area (TPSA) is 91.5 Å². The Morgan fingerprint density at radius 1 is 1.53 bits per heavy atom. The normalized spacial score (nSPS) is 16.2. The molecular formula is C12H18N4O2S. The fourth-order valence-electron chi connectivity index (χ4n) is 1.96. The van der Waals surface area contributed by atoms with Crippen LogP contribution in [0, 0.1) is 0 Å². The van der Waals surface area contributed by atoms with Crippen LogP contribution < -0.4 is 11.1 Å². The SMILES string of the molecule is Nc1c(C(=O)O)ccnc1NCCN1CCSCC1. The van der Waals surface area contributed by atoms with Crippen molar-refractivity contribution in [1.29, 1.82) is 0 Å². The second-order valence-corrected chi connectivity index (χ2v) is 5.53. The van der Waals surface area contributed by atoms with Crippen molar-refractivity contribution in [2.45, 2.75) is 0 Å². The van der Waals surface area contributed by atoms with Gasteiger partial charge in [0, 0.05) is 43.9 Å². The molecule has 4 N–H and O–H groups in total. The molecule has 0 radical (unpaired) electrons. The van der Waals surface area contributed by atoms with E-state index >= 15 is 0 Å². The number of nitrogens with zero attached hydrogens (tertiary/aromatic N) is 2. The van der Waals surface area contributed by atoms with Crippen LogP contribution in [-0.2, 0) is 0 Å². The van der Waals surface area contributed by atoms with Crippen molar-refractivity contribution in [2.75, 3.05) is 48.7 Å². The Bertz CT molecular complexity index is 449. The van der Waals surface area contributed by atoms with Gasteiger partial charge < -0.3 is 16.2 Å². The van der Waals surface area contributed by atoms with Crippen molar-refractivity contribution >= 4 is 29.2 Å². The molecular weight excluding hydrogens is 264 g/mol. The molecule has 0 aromatic carbocycles. The molecule has 0 bridgehead atoms. The van der Waals surface area contributed by atoms with E-state index in [2.05, 4.69) is 15.2 Å². The summed E-state index contributed by atoms with van der Waals surface area (Å²) < 4.78 is 0. The van der Waals surface area contributed by atoms with Gasteiger partial charge in [0.2, 0.25) is 0 Å². The van der Waals surface area contributed by atoms with Gasteiger partial charge in [0.15, 0.2) is 0 Å². The lowest BCUT2D eigenvalue weighted by Crippen LogP contribution is -2.36. The molecule has 7 heteroatoms. The first-order valence-electron chi connectivity index (χ1n) is 6.20. The number of thioether (sulfide) groups is 1. The second kappa shape index (κ2) is 6.63. The lowest BCUT2D eigenvalue weighted by atomic mass is 10.2. The smallest absolute Gasteiger partial charge is 0.337 e. The van der Waals surface area contributed by atoms with Crippen molar-refractivity contribution in [1.82, 2.24) is 9.88 Å². The fourth-order valence-corrected chi connectivity index (χ4v) is 2.94. The first-order valence-corrected chi connectivity index (χ1v) is 7.35. The van der Waals surface area contributed by atoms with Gasteiger partial charge in [0.1, 0.15) is 5.82 Å². The summed E-state index contributed by atoms with van der Waals surface area (Å²) in [5, 5.41) is 12.1. The molecule has 1 aliphatic rings. The number of aromatic carboxylic acids is 1. The third kappa shape index (κ3) is 3.74. The number of nitrogen functional groups attached to an aromatic ring is 1. The molecule has 6 nitrogen and oxygen atoms in total. The van der Waals surface area contributed by atoms with Crippen LogP contribution in [0.4, 0.5) is 11.5 Å². The Labute approximate surface area is 116 Å². The molecule has 1 aromatic heterocycles. The summed E-state index contributed by atoms with van der Waals surface area (Å²) in [6.07, 6.45) is 1.46. The average Bonchev–Trinajstić information content (AvgIpc) is 2.41. The van der Waals surface area contributed by atoms with Gasteiger partial charge in [-0.3, -0.25) is 4.90 Å². The van der Waals surface area contributed by atoms with Gasteiger partial charge in [-0.25, -0.2) is 9.78 Å². The lowest BCUT2D eigenvalue weighted by molar-refractivity contribution is 0.0698. The number of carboxylic acid groups (broad SMARTS) is 1. The summed E-state index contributed by atoms with van der Waals surface area (Å²) in [6.45, 7) is 3.83. The van der Waals surface area contributed by atoms with E-state index in [1.807, 2.05) is 11.8 Å². The Morgan fingerprint density at radius 3 is 2.95 bits per heavy atom. The molecule has 2 heterocycles. The van der Waals surface area contributed by atoms with Gasteiger partial charge in [-0.1, -0.05) is 0 Å². The van der Waals surface area contributed by atoms with Gasteiger partial charge in [-0.2, -0.15) is 11.8 Å². The molecule has 2 rings (SSSR count). The van der Waals surface area contributed by atoms with Crippen LogP contribution in [0.1, 0.15) is 10.4 Å². The van der Waals surface area contributed by atoms with Crippen LogP contribution in [0.2, 0.25) is 0 Å². The molecule has 0 atom stereocenters. The Hall–Kier alpha value is -1.47. The zero-order valence-corrected chi connectivity index (χ0v) is 11.4. The fraction of sp³-hybridized carbons (Fsp3) is 0.500. The number of hydrogen-bond acceptors (Lipinski definition) is 6. The minimum Gasteiger partial charge on any atom is -0.478 e. The maximum Gasteiger partial charge on any atom is 0.337 e. The maximum atomic E-state index is 10.9. The van der Waals surface area contributed by atoms with Crippen LogP contribution in [0.3, 0.4) is 0 Å². The van der Waals surface area contributed by atoms with Crippen LogP contribution in [0.15, 0.2) is 12.3 Å². The number of pyridine rings is 1. The Kier molecular flexibility index (Phi) is 4.86. The number of rotatable bonds is 5. The third-order valence-electron chi connectivity index (χ3n) is 3.04. The minimum absolute atomic E-state index is 0.0897. The minimum atomic E-state index is -1.03. The predicted molar refractivity (Wildman–Crippen MR) is 77.9 cm³/mol. The average molecular weight is 282 g/mol. The van der Waals surface area contributed by atoms with Gasteiger partial charge >= 0.3 is 5.97 Å². The molecule has 0 saturated carbocycles. The van der Waals surface area contributed by atoms with Gasteiger partial charge in [-0.05, 0) is 6.07 Å². The molecule has 1 saturated heterocycles. The molecule has 104 valence electrons. The summed E-state index contributed by atoms with van der Waals surface area (Å²) >= 11 is 1.98. The monoisotopic (exact) mass is 282 g/mol. The standard InChI is InChI=1S/C12H18N4O2S/c13-10-9(12(17)18)1-2-14-11(10)15-3-4-16-5-7-19-8-6-16/h1-2H,3-8,13H2,(H,14,15)(H,17,18). The van der Waals surface area contributed by atoms with Crippen molar-refractivity contribution in [3.05, 3.63) is 17.8 Å². The van der Waals surface area contributed by atoms with Crippen molar-refractivity contribution in [2.24, 2.45) is 0 Å². The molecule has 0 aliphatic carbocycles. The summed E-state index contributed by atoms with van der Waals surface area (Å²) in [5.74, 6) is 1.77. The highest BCUT2D eigenvalue weighted by Crippen LogP contribution is 2.19. The third-order valence-corrected chi connectivity index (χ3v) is 3.99. The number of anilines is 2. The predicted octanol–water partition coefficient (Wildman–Crippen LogP) is 0.823. The van der Waals surface area contributed by atoms with Crippen molar-refractivity contribution < 1.29 is 9.90 Å². The molecule has 1 aromatic rings. The lowest BCUT2D eigenvalue weighted by Gasteiger charge is -2.26. The number of nitrogens with two attached hydrogens (primary N) is 1. The van der Waals surface area contributed by atoms with Crippen molar-refractivity contribution in [3.63, 3.8) is 0 Å². The molecule has 19 heavy (non-hydrogen) atoms. The molecule has 0 spiro atoms. The van der Waals surface area contributed by atoms with E-state index in [1.165, 1.54) is 23.8 Å². The number of nitrogens with one attached hydrogen (secondary N) is 1. The van der Waals surface area contributed by atoms with Gasteiger partial charge in [0.25, 0.3) is 0 Å². The molecule has 0 unspecified atom stereocenters. The van der Waals surface area contributed by atoms with E-state index in [1.54, 1.807) is 0 Å². The van der Waals surface area contributed by atoms with E-state index in [9.17, 15) is 4.79 Å². The first-order chi connectivity index (χ1) is 9.18. The number of carbonyl (C=O) groups is 1. The zero-order chi connectivity index (χ0) is 13.7. The van der Waals surface area contributed by atoms with Crippen LogP contribution >= 0.6 is 11.8 Å². The van der Waals surface area contributed by atoms with Crippen LogP contribution in [0.25, 0.3) is 0 Å². The van der Waals surface area contributed by atoms with E-state index in [0.29, 0.717) is 12.4 Å². The largest absolute Gasteiger partial charge is 0.478 e. The summed E-state index contributed by atoms with van der Waals surface area (Å²) in [6, 6.07) is 1.41. The molecule has 0 amide bonds. The highest BCUT2D eigenvalue weighted by Gasteiger charge is 2.13. The van der Waals surface area contributed by atoms with Crippen LogP contribution in [-0.4, -0.2) is 58.6 Å². The summed E-state index contributed by atoms with van der Waals surface area (Å²) in [5.41, 5.74) is 6.07. The number of aromatic nitrogens is 1. The van der Waals surface area contributed by atoms with Gasteiger partial charge in [0.05, 0.1) is 11.3 Å². The van der Waals surface area contributed by atoms with Crippen molar-refractivity contribution in [3.8, 4) is 0 Å². The van der Waals surface area contributed by atoms with E-state index < -0.39 is 5.97 Å². The molecule has 1 fully saturated rings. The number of hydrogen-bond donors (Lipinski definition) is 3. The van der Waals surface area contributed by atoms with E-state index in [0.717, 1.165) is 19.6 Å². The highest BCUT2D eigenvalue weighted by molar-refractivity contribution is 7.99.